The largest absolute Gasteiger partial charge is 0.484 e. The predicted molar refractivity (Wildman–Crippen MR) is 92.5 cm³/mol. The number of hydrogen-bond donors (Lipinski definition) is 0. The third-order valence-corrected chi connectivity index (χ3v) is 3.94. The molecule has 6 nitrogen and oxygen atoms in total. The van der Waals surface area contributed by atoms with Gasteiger partial charge in [-0.05, 0) is 36.2 Å². The molecule has 2 aromatic heterocycles. The number of carbonyl (C=O) groups excluding carboxylic acids is 1. The number of ether oxygens (including phenoxy) is 1. The van der Waals surface area contributed by atoms with Crippen LogP contribution in [0, 0.1) is 0 Å². The maximum atomic E-state index is 12.1. The lowest BCUT2D eigenvalue weighted by molar-refractivity contribution is -0.132. The highest BCUT2D eigenvalue weighted by Gasteiger charge is 2.12. The Morgan fingerprint density at radius 2 is 2.08 bits per heavy atom. The maximum Gasteiger partial charge on any atom is 0.336 e. The van der Waals surface area contributed by atoms with E-state index < -0.39 is 5.63 Å². The highest BCUT2D eigenvalue weighted by molar-refractivity contribution is 5.82. The number of carbonyl (C=O) groups is 1. The molecule has 0 saturated heterocycles. The van der Waals surface area contributed by atoms with Crippen molar-refractivity contribution in [1.29, 1.82) is 0 Å². The fourth-order valence-corrected chi connectivity index (χ4v) is 2.57. The molecule has 0 fully saturated rings. The summed E-state index contributed by atoms with van der Waals surface area (Å²) in [5.41, 5.74) is 0.987. The minimum absolute atomic E-state index is 0.111. The Kier molecular flexibility index (Phi) is 4.88. The van der Waals surface area contributed by atoms with Crippen molar-refractivity contribution < 1.29 is 18.4 Å². The second-order valence-corrected chi connectivity index (χ2v) is 5.72. The fraction of sp³-hybridized carbons (Fsp3) is 0.263. The zero-order valence-corrected chi connectivity index (χ0v) is 14.2. The number of rotatable bonds is 6. The Morgan fingerprint density at radius 1 is 1.24 bits per heavy atom. The van der Waals surface area contributed by atoms with Gasteiger partial charge in [-0.2, -0.15) is 0 Å². The van der Waals surface area contributed by atoms with Crippen molar-refractivity contribution in [2.45, 2.75) is 19.9 Å². The zero-order chi connectivity index (χ0) is 17.8. The number of amides is 1. The van der Waals surface area contributed by atoms with E-state index in [1.165, 1.54) is 11.0 Å². The van der Waals surface area contributed by atoms with E-state index in [2.05, 4.69) is 0 Å². The lowest BCUT2D eigenvalue weighted by atomic mass is 10.1. The van der Waals surface area contributed by atoms with E-state index >= 15 is 0 Å². The lowest BCUT2D eigenvalue weighted by Crippen LogP contribution is -2.30. The van der Waals surface area contributed by atoms with Crippen LogP contribution in [0.25, 0.3) is 11.0 Å². The van der Waals surface area contributed by atoms with Gasteiger partial charge in [0.15, 0.2) is 6.61 Å². The summed E-state index contributed by atoms with van der Waals surface area (Å²) in [6, 6.07) is 10.3. The second-order valence-electron chi connectivity index (χ2n) is 5.72. The van der Waals surface area contributed by atoms with Gasteiger partial charge in [-0.25, -0.2) is 4.79 Å². The number of hydrogen-bond acceptors (Lipinski definition) is 5. The van der Waals surface area contributed by atoms with Crippen molar-refractivity contribution in [2.24, 2.45) is 0 Å². The van der Waals surface area contributed by atoms with Gasteiger partial charge in [-0.3, -0.25) is 4.79 Å². The molecule has 0 aliphatic rings. The molecular formula is C19H19NO5. The van der Waals surface area contributed by atoms with Crippen LogP contribution in [0.1, 0.15) is 18.2 Å². The van der Waals surface area contributed by atoms with Gasteiger partial charge in [0, 0.05) is 24.6 Å². The molecule has 3 rings (SSSR count). The third-order valence-electron chi connectivity index (χ3n) is 3.94. The van der Waals surface area contributed by atoms with Crippen molar-refractivity contribution in [1.82, 2.24) is 4.90 Å². The molecule has 0 unspecified atom stereocenters. The predicted octanol–water partition coefficient (Wildman–Crippen LogP) is 2.99. The van der Waals surface area contributed by atoms with Crippen LogP contribution in [0.15, 0.2) is 56.3 Å². The van der Waals surface area contributed by atoms with Crippen LogP contribution in [0.4, 0.5) is 0 Å². The molecule has 3 aromatic rings. The lowest BCUT2D eigenvalue weighted by Gasteiger charge is -2.16. The van der Waals surface area contributed by atoms with Crippen molar-refractivity contribution in [3.63, 3.8) is 0 Å². The molecule has 1 amide bonds. The van der Waals surface area contributed by atoms with Crippen LogP contribution in [0.5, 0.6) is 5.75 Å². The van der Waals surface area contributed by atoms with Crippen LogP contribution < -0.4 is 10.4 Å². The monoisotopic (exact) mass is 341 g/mol. The van der Waals surface area contributed by atoms with Gasteiger partial charge in [-0.1, -0.05) is 6.92 Å². The molecule has 0 spiro atoms. The van der Waals surface area contributed by atoms with Crippen LogP contribution in [-0.4, -0.2) is 24.5 Å². The van der Waals surface area contributed by atoms with Crippen molar-refractivity contribution >= 4 is 16.9 Å². The number of aryl methyl sites for hydroxylation is 1. The molecule has 0 aliphatic carbocycles. The first-order valence-electron chi connectivity index (χ1n) is 8.02. The van der Waals surface area contributed by atoms with Gasteiger partial charge < -0.3 is 18.5 Å². The normalized spacial score (nSPS) is 10.8. The first kappa shape index (κ1) is 16.8. The molecule has 0 aliphatic heterocycles. The van der Waals surface area contributed by atoms with Gasteiger partial charge in [-0.15, -0.1) is 0 Å². The summed E-state index contributed by atoms with van der Waals surface area (Å²) in [6.07, 6.45) is 2.30. The molecule has 6 heteroatoms. The van der Waals surface area contributed by atoms with Crippen LogP contribution in [0.2, 0.25) is 0 Å². The minimum atomic E-state index is -0.393. The van der Waals surface area contributed by atoms with Gasteiger partial charge >= 0.3 is 5.63 Å². The number of likely N-dealkylation sites (N-methyl/N-ethyl adjacent to an activating group) is 1. The van der Waals surface area contributed by atoms with E-state index in [0.717, 1.165) is 17.4 Å². The number of fused-ring (bicyclic) bond motifs is 1. The Bertz CT molecular complexity index is 927. The van der Waals surface area contributed by atoms with E-state index in [4.69, 9.17) is 13.6 Å². The average molecular weight is 341 g/mol. The van der Waals surface area contributed by atoms with E-state index in [1.807, 2.05) is 13.0 Å². The summed E-state index contributed by atoms with van der Waals surface area (Å²) in [5, 5.41) is 0.871. The Labute approximate surface area is 144 Å². The molecule has 25 heavy (non-hydrogen) atoms. The fourth-order valence-electron chi connectivity index (χ4n) is 2.57. The molecule has 2 heterocycles. The average Bonchev–Trinajstić information content (AvgIpc) is 3.11. The van der Waals surface area contributed by atoms with E-state index in [-0.39, 0.29) is 12.5 Å². The third kappa shape index (κ3) is 3.91. The molecular weight excluding hydrogens is 322 g/mol. The summed E-state index contributed by atoms with van der Waals surface area (Å²) < 4.78 is 16.0. The highest BCUT2D eigenvalue weighted by atomic mass is 16.5. The summed E-state index contributed by atoms with van der Waals surface area (Å²) in [7, 11) is 1.68. The van der Waals surface area contributed by atoms with Gasteiger partial charge in [0.1, 0.15) is 17.1 Å². The maximum absolute atomic E-state index is 12.1. The summed E-state index contributed by atoms with van der Waals surface area (Å²) in [5.74, 6) is 0.999. The standard InChI is InChI=1S/C19H19NO5/c1-3-13-9-19(22)25-17-10-14(6-7-16(13)17)24-12-18(21)20(2)11-15-5-4-8-23-15/h4-10H,3,11-12H2,1-2H3. The van der Waals surface area contributed by atoms with Crippen LogP contribution >= 0.6 is 0 Å². The molecule has 0 N–H and O–H groups in total. The van der Waals surface area contributed by atoms with Crippen LogP contribution in [0.3, 0.4) is 0 Å². The molecule has 0 radical (unpaired) electrons. The molecule has 0 bridgehead atoms. The van der Waals surface area contributed by atoms with Gasteiger partial charge in [0.25, 0.3) is 5.91 Å². The van der Waals surface area contributed by atoms with Crippen LogP contribution in [-0.2, 0) is 17.8 Å². The molecule has 130 valence electrons. The zero-order valence-electron chi connectivity index (χ0n) is 14.2. The van der Waals surface area contributed by atoms with Gasteiger partial charge in [0.05, 0.1) is 12.8 Å². The van der Waals surface area contributed by atoms with Gasteiger partial charge in [0.2, 0.25) is 0 Å². The summed E-state index contributed by atoms with van der Waals surface area (Å²) in [4.78, 5) is 25.3. The number of benzene rings is 1. The Morgan fingerprint density at radius 3 is 2.80 bits per heavy atom. The molecule has 0 saturated carbocycles. The SMILES string of the molecule is CCc1cc(=O)oc2cc(OCC(=O)N(C)Cc3ccco3)ccc12. The number of nitrogens with zero attached hydrogens (tertiary/aromatic N) is 1. The number of furan rings is 1. The Hall–Kier alpha value is -3.02. The van der Waals surface area contributed by atoms with Crippen molar-refractivity contribution in [3.05, 3.63) is 64.4 Å². The smallest absolute Gasteiger partial charge is 0.336 e. The summed E-state index contributed by atoms with van der Waals surface area (Å²) >= 11 is 0. The first-order valence-corrected chi connectivity index (χ1v) is 8.02. The van der Waals surface area contributed by atoms with Crippen molar-refractivity contribution in [3.8, 4) is 5.75 Å². The Balaban J connectivity index is 1.68. The van der Waals surface area contributed by atoms with Crippen molar-refractivity contribution in [2.75, 3.05) is 13.7 Å². The van der Waals surface area contributed by atoms with E-state index in [1.54, 1.807) is 37.6 Å². The second kappa shape index (κ2) is 7.25. The molecule has 0 atom stereocenters. The highest BCUT2D eigenvalue weighted by Crippen LogP contribution is 2.23. The summed E-state index contributed by atoms with van der Waals surface area (Å²) in [6.45, 7) is 2.24. The minimum Gasteiger partial charge on any atom is -0.484 e. The quantitative estimate of drug-likeness (QED) is 0.645. The topological polar surface area (TPSA) is 72.9 Å². The van der Waals surface area contributed by atoms with E-state index in [9.17, 15) is 9.59 Å². The van der Waals surface area contributed by atoms with E-state index in [0.29, 0.717) is 23.6 Å². The molecule has 1 aromatic carbocycles. The first-order chi connectivity index (χ1) is 12.1.